The van der Waals surface area contributed by atoms with Crippen molar-refractivity contribution < 1.29 is 76.5 Å². The van der Waals surface area contributed by atoms with Gasteiger partial charge in [0.25, 0.3) is 0 Å². The third-order valence-corrected chi connectivity index (χ3v) is 0.167. The number of carbonyl (C=O) groups excluding carboxylic acids is 6. The first-order valence-corrected chi connectivity index (χ1v) is 6.77. The van der Waals surface area contributed by atoms with E-state index in [0.717, 1.165) is 41.5 Å². The second-order valence-corrected chi connectivity index (χ2v) is 3.53. The summed E-state index contributed by atoms with van der Waals surface area (Å²) >= 11 is 0. The van der Waals surface area contributed by atoms with E-state index in [1.54, 1.807) is 0 Å². The van der Waals surface area contributed by atoms with Gasteiger partial charge in [0, 0.05) is 48.9 Å². The van der Waals surface area contributed by atoms with Gasteiger partial charge in [0.1, 0.15) is 0 Å². The van der Waals surface area contributed by atoms with Crippen LogP contribution in [0.2, 0.25) is 0 Å². The van der Waals surface area contributed by atoms with E-state index in [1.807, 2.05) is 0 Å². The number of nitrogens with two attached hydrogens (primary N) is 2. The van der Waals surface area contributed by atoms with Crippen molar-refractivity contribution in [3.63, 3.8) is 0 Å². The zero-order chi connectivity index (χ0) is 24.9. The maximum atomic E-state index is 8.89. The predicted molar refractivity (Wildman–Crippen MR) is 106 cm³/mol. The summed E-state index contributed by atoms with van der Waals surface area (Å²) in [4.78, 5) is 53.3. The molecule has 0 aliphatic rings. The Morgan fingerprint density at radius 2 is 0.455 bits per heavy atom. The quantitative estimate of drug-likeness (QED) is 0.168. The van der Waals surface area contributed by atoms with Crippen LogP contribution in [0.25, 0.3) is 0 Å². The third-order valence-electron chi connectivity index (χ3n) is 0.167. The van der Waals surface area contributed by atoms with Crippen LogP contribution >= 0.6 is 0 Å². The third kappa shape index (κ3) is 5920. The summed E-state index contributed by atoms with van der Waals surface area (Å²) in [6.45, 7) is 7.03. The Morgan fingerprint density at radius 1 is 0.424 bits per heavy atom. The van der Waals surface area contributed by atoms with E-state index < -0.39 is 35.8 Å². The molecule has 0 aromatic carbocycles. The van der Waals surface area contributed by atoms with Crippen molar-refractivity contribution in [1.29, 1.82) is 0 Å². The van der Waals surface area contributed by atoms with Crippen molar-refractivity contribution >= 4 is 35.8 Å². The maximum Gasteiger partial charge on any atom is 2.00 e. The number of rotatable bonds is 1. The Morgan fingerprint density at radius 3 is 0.455 bits per heavy atom. The Labute approximate surface area is 203 Å². The number of hydrogen-bond acceptors (Lipinski definition) is 14. The molecule has 208 valence electrons. The van der Waals surface area contributed by atoms with Gasteiger partial charge < -0.3 is 95.5 Å². The van der Waals surface area contributed by atoms with Gasteiger partial charge in [0.05, 0.1) is 0 Å². The molecule has 0 radical (unpaired) electrons. The average molecular weight is 542 g/mol. The molecule has 19 heteroatoms. The minimum Gasteiger partial charge on any atom is -0.550 e. The minimum atomic E-state index is -1.08. The smallest absolute Gasteiger partial charge is 0.550 e. The molecule has 0 fully saturated rings. The Kier molecular flexibility index (Phi) is 185. The maximum absolute atomic E-state index is 8.89. The van der Waals surface area contributed by atoms with Crippen LogP contribution in [0, 0.1) is 0 Å². The number of quaternary nitrogens is 4. The summed E-state index contributed by atoms with van der Waals surface area (Å²) in [5.74, 6) is -6.50. The average Bonchev–Trinajstić information content (AvgIpc) is 2.34. The molecule has 0 aromatic rings. The molecule has 0 unspecified atom stereocenters. The van der Waals surface area contributed by atoms with Gasteiger partial charge in [0.2, 0.25) is 0 Å². The van der Waals surface area contributed by atoms with Gasteiger partial charge in [0.15, 0.2) is 0 Å². The van der Waals surface area contributed by atoms with Gasteiger partial charge in [-0.15, -0.1) is 0 Å². The van der Waals surface area contributed by atoms with Gasteiger partial charge in [-0.1, -0.05) is 0 Å². The van der Waals surface area contributed by atoms with Gasteiger partial charge >= 0.3 is 17.1 Å². The van der Waals surface area contributed by atoms with Crippen LogP contribution in [-0.2, 0) is 45.8 Å². The second kappa shape index (κ2) is 78.6. The van der Waals surface area contributed by atoms with Crippen molar-refractivity contribution in [3.05, 3.63) is 0 Å². The topological polar surface area (TPSA) is 439 Å². The van der Waals surface area contributed by atoms with Crippen molar-refractivity contribution in [2.45, 2.75) is 41.5 Å². The summed E-state index contributed by atoms with van der Waals surface area (Å²) in [6, 6.07) is 0. The number of carboxylic acids is 6. The fourth-order valence-electron chi connectivity index (χ4n) is 0. The molecule has 20 N–H and O–H groups in total. The van der Waals surface area contributed by atoms with E-state index in [1.165, 1.54) is 0 Å². The van der Waals surface area contributed by atoms with E-state index in [0.29, 0.717) is 13.1 Å². The van der Waals surface area contributed by atoms with Gasteiger partial charge in [-0.3, -0.25) is 0 Å². The van der Waals surface area contributed by atoms with E-state index >= 15 is 0 Å². The molecule has 0 saturated heterocycles. The van der Waals surface area contributed by atoms with Crippen molar-refractivity contribution in [2.75, 3.05) is 13.1 Å². The SMILES string of the molecule is CC(=O)[O-].CC(=O)[O-].CC(=O)[O-].CC(=O)[O-].CC(=O)[O-].CC(=O)[O-].NCCN.[Fe+2].[NH4+].[NH4+].[NH4+].[NH4+]. The standard InChI is InChI=1S/C2H8N2.6C2H4O2.Fe.4H3N/c3-1-2-4;6*1-2(3)4;;;;;/h1-4H2;6*1H3,(H,3,4);;4*1H3/q;;;;;;;+2;;;;/p-2. The van der Waals surface area contributed by atoms with Crippen LogP contribution in [0.1, 0.15) is 41.5 Å². The molecular weight excluding hydrogens is 500 g/mol. The molecule has 0 bridgehead atoms. The number of aliphatic carboxylic acids is 6. The molecule has 33 heavy (non-hydrogen) atoms. The number of carbonyl (C=O) groups is 6. The number of hydrogen-bond donors (Lipinski definition) is 6. The van der Waals surface area contributed by atoms with Crippen LogP contribution in [-0.4, -0.2) is 48.9 Å². The minimum absolute atomic E-state index is 0. The summed E-state index contributed by atoms with van der Waals surface area (Å²) in [7, 11) is 0. The van der Waals surface area contributed by atoms with E-state index in [9.17, 15) is 0 Å². The van der Waals surface area contributed by atoms with Gasteiger partial charge in [-0.25, -0.2) is 0 Å². The molecule has 18 nitrogen and oxygen atoms in total. The van der Waals surface area contributed by atoms with Crippen molar-refractivity contribution in [1.82, 2.24) is 24.6 Å². The predicted octanol–water partition coefficient (Wildman–Crippen LogP) is -7.06. The molecular formula is C14H42FeN6O12. The first-order chi connectivity index (χ1) is 12.3. The van der Waals surface area contributed by atoms with E-state index in [2.05, 4.69) is 0 Å². The molecule has 0 amide bonds. The zero-order valence-corrected chi connectivity index (χ0v) is 21.9. The fourth-order valence-corrected chi connectivity index (χ4v) is 0. The second-order valence-electron chi connectivity index (χ2n) is 3.53. The Bertz CT molecular complexity index is 310. The first-order valence-electron chi connectivity index (χ1n) is 6.77. The molecule has 0 aliphatic heterocycles. The zero-order valence-electron chi connectivity index (χ0n) is 20.8. The molecule has 0 aromatic heterocycles. The summed E-state index contributed by atoms with van der Waals surface area (Å²) < 4.78 is 0. The van der Waals surface area contributed by atoms with E-state index in [-0.39, 0.29) is 41.7 Å². The van der Waals surface area contributed by atoms with Gasteiger partial charge in [-0.2, -0.15) is 0 Å². The molecule has 0 aliphatic carbocycles. The van der Waals surface area contributed by atoms with Crippen LogP contribution in [0.15, 0.2) is 0 Å². The summed E-state index contributed by atoms with van der Waals surface area (Å²) in [5.41, 5.74) is 9.81. The van der Waals surface area contributed by atoms with Crippen LogP contribution in [0.4, 0.5) is 0 Å². The molecule has 0 atom stereocenters. The van der Waals surface area contributed by atoms with Crippen molar-refractivity contribution in [3.8, 4) is 0 Å². The molecule has 0 rings (SSSR count). The Balaban J connectivity index is -0.0000000152. The Hall–Kier alpha value is -2.90. The summed E-state index contributed by atoms with van der Waals surface area (Å²) in [6.07, 6.45) is 0. The first kappa shape index (κ1) is 77.8. The molecule has 0 heterocycles. The van der Waals surface area contributed by atoms with Crippen LogP contribution < -0.4 is 66.7 Å². The fraction of sp³-hybridized carbons (Fsp3) is 0.571. The van der Waals surface area contributed by atoms with E-state index in [4.69, 9.17) is 70.9 Å². The van der Waals surface area contributed by atoms with Crippen molar-refractivity contribution in [2.24, 2.45) is 11.5 Å². The molecule has 0 spiro atoms. The van der Waals surface area contributed by atoms with Crippen LogP contribution in [0.5, 0.6) is 0 Å². The molecule has 0 saturated carbocycles. The van der Waals surface area contributed by atoms with Gasteiger partial charge in [-0.05, 0) is 41.5 Å². The summed E-state index contributed by atoms with van der Waals surface area (Å²) in [5, 5.41) is 53.3. The largest absolute Gasteiger partial charge is 2.00 e. The number of carboxylic acid groups (broad SMARTS) is 6. The normalized spacial score (nSPS) is 5.45. The monoisotopic (exact) mass is 542 g/mol. The van der Waals surface area contributed by atoms with Crippen LogP contribution in [0.3, 0.4) is 0 Å².